The van der Waals surface area contributed by atoms with Crippen LogP contribution in [-0.4, -0.2) is 20.6 Å². The molecular weight excluding hydrogens is 295 g/mol. The number of halogens is 1. The van der Waals surface area contributed by atoms with E-state index < -0.39 is 11.8 Å². The fourth-order valence-corrected chi connectivity index (χ4v) is 1.66. The number of aromatic nitrogens is 2. The normalized spacial score (nSPS) is 10.9. The molecule has 1 aromatic heterocycles. The van der Waals surface area contributed by atoms with Crippen molar-refractivity contribution in [1.82, 2.24) is 9.55 Å². The average molecular weight is 324 g/mol. The second kappa shape index (κ2) is 14.8. The van der Waals surface area contributed by atoms with Crippen molar-refractivity contribution in [2.45, 2.75) is 54.0 Å². The molecule has 0 bridgehead atoms. The van der Waals surface area contributed by atoms with Crippen molar-refractivity contribution in [1.29, 1.82) is 0 Å². The second-order valence-electron chi connectivity index (χ2n) is 4.00. The summed E-state index contributed by atoms with van der Waals surface area (Å²) in [5.41, 5.74) is 1.34. The van der Waals surface area contributed by atoms with Gasteiger partial charge < -0.3 is 9.67 Å². The Balaban J connectivity index is 0. The van der Waals surface area contributed by atoms with Crippen LogP contribution in [0.2, 0.25) is 0 Å². The number of rotatable bonds is 7. The summed E-state index contributed by atoms with van der Waals surface area (Å²) in [5, 5.41) is 8.79. The topological polar surface area (TPSA) is 55.1 Å². The Hall–Kier alpha value is -2.17. The molecule has 0 fully saturated rings. The van der Waals surface area contributed by atoms with Gasteiger partial charge in [-0.15, -0.1) is 0 Å². The summed E-state index contributed by atoms with van der Waals surface area (Å²) in [4.78, 5) is 14.6. The van der Waals surface area contributed by atoms with Crippen LogP contribution in [0.5, 0.6) is 0 Å². The van der Waals surface area contributed by atoms with Crippen molar-refractivity contribution in [2.75, 3.05) is 0 Å². The molecule has 5 heteroatoms. The molecule has 0 saturated carbocycles. The first-order chi connectivity index (χ1) is 11.1. The first-order valence-corrected chi connectivity index (χ1v) is 7.96. The zero-order chi connectivity index (χ0) is 18.3. The van der Waals surface area contributed by atoms with Gasteiger partial charge in [-0.3, -0.25) is 4.79 Å². The third kappa shape index (κ3) is 10.2. The number of nitrogens with zero attached hydrogens (tertiary/aromatic N) is 2. The largest absolute Gasteiger partial charge is 0.481 e. The van der Waals surface area contributed by atoms with Crippen LogP contribution in [0.1, 0.15) is 46.7 Å². The Morgan fingerprint density at radius 3 is 2.48 bits per heavy atom. The second-order valence-corrected chi connectivity index (χ2v) is 4.00. The Bertz CT molecular complexity index is 517. The van der Waals surface area contributed by atoms with Crippen molar-refractivity contribution in [3.63, 3.8) is 0 Å². The van der Waals surface area contributed by atoms with E-state index in [1.165, 1.54) is 12.3 Å². The van der Waals surface area contributed by atoms with Crippen molar-refractivity contribution in [3.05, 3.63) is 54.4 Å². The Kier molecular flexibility index (Phi) is 14.8. The maximum atomic E-state index is 13.2. The molecule has 130 valence electrons. The highest BCUT2D eigenvalue weighted by Gasteiger charge is 2.07. The average Bonchev–Trinajstić information content (AvgIpc) is 2.97. The number of hydrogen-bond donors (Lipinski definition) is 1. The molecule has 0 saturated heterocycles. The Labute approximate surface area is 139 Å². The van der Waals surface area contributed by atoms with E-state index in [0.29, 0.717) is 12.2 Å². The molecule has 4 nitrogen and oxygen atoms in total. The predicted octanol–water partition coefficient (Wildman–Crippen LogP) is 4.94. The van der Waals surface area contributed by atoms with Gasteiger partial charge in [-0.1, -0.05) is 47.3 Å². The molecule has 0 atom stereocenters. The van der Waals surface area contributed by atoms with Crippen molar-refractivity contribution >= 4 is 5.97 Å². The highest BCUT2D eigenvalue weighted by Crippen LogP contribution is 2.11. The minimum absolute atomic E-state index is 0.104. The smallest absolute Gasteiger partial charge is 0.309 e. The molecule has 0 spiro atoms. The molecule has 0 aliphatic heterocycles. The van der Waals surface area contributed by atoms with Gasteiger partial charge in [0.25, 0.3) is 0 Å². The maximum Gasteiger partial charge on any atom is 0.309 e. The molecule has 1 rings (SSSR count). The van der Waals surface area contributed by atoms with Crippen LogP contribution in [0, 0.1) is 0 Å². The number of carboxylic acids is 1. The fourth-order valence-electron chi connectivity index (χ4n) is 1.66. The zero-order valence-electron chi connectivity index (χ0n) is 14.8. The van der Waals surface area contributed by atoms with E-state index in [1.807, 2.05) is 40.7 Å². The van der Waals surface area contributed by atoms with E-state index in [4.69, 9.17) is 5.11 Å². The van der Waals surface area contributed by atoms with Crippen LogP contribution in [-0.2, 0) is 17.8 Å². The van der Waals surface area contributed by atoms with E-state index in [2.05, 4.69) is 11.6 Å². The van der Waals surface area contributed by atoms with Gasteiger partial charge in [0.05, 0.1) is 12.7 Å². The van der Waals surface area contributed by atoms with Crippen LogP contribution >= 0.6 is 0 Å². The molecule has 1 heterocycles. The van der Waals surface area contributed by atoms with E-state index >= 15 is 0 Å². The number of aliphatic carboxylic acids is 1. The number of imidazole rings is 1. The zero-order valence-corrected chi connectivity index (χ0v) is 14.8. The van der Waals surface area contributed by atoms with Gasteiger partial charge in [0.2, 0.25) is 0 Å². The Morgan fingerprint density at radius 2 is 2.00 bits per heavy atom. The highest BCUT2D eigenvalue weighted by molar-refractivity contribution is 5.69. The number of carbonyl (C=O) groups is 1. The summed E-state index contributed by atoms with van der Waals surface area (Å²) < 4.78 is 14.9. The molecule has 1 aromatic rings. The molecular formula is C18H29FN2O2. The summed E-state index contributed by atoms with van der Waals surface area (Å²) in [6.07, 6.45) is 8.11. The first kappa shape index (κ1) is 23.1. The van der Waals surface area contributed by atoms with Crippen LogP contribution in [0.4, 0.5) is 4.39 Å². The molecule has 23 heavy (non-hydrogen) atoms. The van der Waals surface area contributed by atoms with Gasteiger partial charge in [-0.25, -0.2) is 9.37 Å². The van der Waals surface area contributed by atoms with Gasteiger partial charge in [-0.2, -0.15) is 0 Å². The number of carboxylic acid groups (broad SMARTS) is 1. The maximum absolute atomic E-state index is 13.2. The summed E-state index contributed by atoms with van der Waals surface area (Å²) in [6, 6.07) is 0. The third-order valence-corrected chi connectivity index (χ3v) is 2.47. The van der Waals surface area contributed by atoms with E-state index in [-0.39, 0.29) is 6.42 Å². The lowest BCUT2D eigenvalue weighted by Crippen LogP contribution is -2.08. The van der Waals surface area contributed by atoms with E-state index in [0.717, 1.165) is 18.1 Å². The molecule has 0 aliphatic rings. The van der Waals surface area contributed by atoms with Gasteiger partial charge >= 0.3 is 5.97 Å². The molecule has 0 amide bonds. The highest BCUT2D eigenvalue weighted by atomic mass is 19.1. The van der Waals surface area contributed by atoms with E-state index in [1.54, 1.807) is 10.9 Å². The monoisotopic (exact) mass is 324 g/mol. The summed E-state index contributed by atoms with van der Waals surface area (Å²) in [7, 11) is 0. The van der Waals surface area contributed by atoms with Crippen molar-refractivity contribution < 1.29 is 14.3 Å². The first-order valence-electron chi connectivity index (χ1n) is 7.96. The SMILES string of the molecule is C=C/C(F)=C\C(=C/CC)Cn1cncc1CC(=O)O.CC.CC. The standard InChI is InChI=1S/C14H17FN2O2.2C2H6/c1-3-5-11(6-12(15)4-2)9-17-10-16-8-13(17)7-14(18)19;2*1-2/h4-6,8,10H,2-3,7,9H2,1H3,(H,18,19);2*1-2H3/b11-5+,12-6+;;. The fraction of sp³-hybridized carbons (Fsp3) is 0.444. The quantitative estimate of drug-likeness (QED) is 0.723. The molecule has 0 aromatic carbocycles. The summed E-state index contributed by atoms with van der Waals surface area (Å²) in [6.45, 7) is 13.7. The van der Waals surface area contributed by atoms with Gasteiger partial charge in [0.1, 0.15) is 5.83 Å². The molecule has 0 radical (unpaired) electrons. The molecule has 0 unspecified atom stereocenters. The lowest BCUT2D eigenvalue weighted by atomic mass is 10.2. The summed E-state index contributed by atoms with van der Waals surface area (Å²) >= 11 is 0. The van der Waals surface area contributed by atoms with Crippen LogP contribution in [0.15, 0.2) is 48.7 Å². The van der Waals surface area contributed by atoms with Crippen molar-refractivity contribution in [3.8, 4) is 0 Å². The van der Waals surface area contributed by atoms with Crippen LogP contribution in [0.25, 0.3) is 0 Å². The summed E-state index contributed by atoms with van der Waals surface area (Å²) in [5.74, 6) is -1.34. The lowest BCUT2D eigenvalue weighted by molar-refractivity contribution is -0.136. The minimum Gasteiger partial charge on any atom is -0.481 e. The number of hydrogen-bond acceptors (Lipinski definition) is 2. The van der Waals surface area contributed by atoms with Gasteiger partial charge in [-0.05, 0) is 24.1 Å². The van der Waals surface area contributed by atoms with Gasteiger partial charge in [0, 0.05) is 18.4 Å². The van der Waals surface area contributed by atoms with Crippen molar-refractivity contribution in [2.24, 2.45) is 0 Å². The van der Waals surface area contributed by atoms with Crippen LogP contribution in [0.3, 0.4) is 0 Å². The predicted molar refractivity (Wildman–Crippen MR) is 94.0 cm³/mol. The molecule has 1 N–H and O–H groups in total. The van der Waals surface area contributed by atoms with E-state index in [9.17, 15) is 9.18 Å². The van der Waals surface area contributed by atoms with Crippen LogP contribution < -0.4 is 0 Å². The Morgan fingerprint density at radius 1 is 1.39 bits per heavy atom. The third-order valence-electron chi connectivity index (χ3n) is 2.47. The molecule has 0 aliphatic carbocycles. The number of allylic oxidation sites excluding steroid dienone is 5. The lowest BCUT2D eigenvalue weighted by Gasteiger charge is -2.08. The minimum atomic E-state index is -0.921. The van der Waals surface area contributed by atoms with Gasteiger partial charge in [0.15, 0.2) is 0 Å².